The molecule has 0 aliphatic carbocycles. The van der Waals surface area contributed by atoms with Crippen molar-refractivity contribution in [2.24, 2.45) is 0 Å². The van der Waals surface area contributed by atoms with Crippen LogP contribution in [0.1, 0.15) is 34.1 Å². The predicted octanol–water partition coefficient (Wildman–Crippen LogP) is 1.31. The summed E-state index contributed by atoms with van der Waals surface area (Å²) in [6, 6.07) is 0. The number of fused-ring (bicyclic) bond motifs is 2. The van der Waals surface area contributed by atoms with Gasteiger partial charge in [-0.05, 0) is 27.7 Å². The van der Waals surface area contributed by atoms with Gasteiger partial charge in [0.15, 0.2) is 0 Å². The summed E-state index contributed by atoms with van der Waals surface area (Å²) in [5.74, 6) is -0.324. The monoisotopic (exact) mass is 227 g/mol. The number of carbonyl (C=O) groups is 2. The van der Waals surface area contributed by atoms with Gasteiger partial charge >= 0.3 is 12.1 Å². The number of hydrogen-bond acceptors (Lipinski definition) is 4. The van der Waals surface area contributed by atoms with Crippen LogP contribution in [-0.4, -0.2) is 40.8 Å². The summed E-state index contributed by atoms with van der Waals surface area (Å²) in [7, 11) is 0. The summed E-state index contributed by atoms with van der Waals surface area (Å²) >= 11 is 0. The van der Waals surface area contributed by atoms with Crippen molar-refractivity contribution in [2.45, 2.75) is 51.4 Å². The van der Waals surface area contributed by atoms with Crippen LogP contribution in [0.15, 0.2) is 0 Å². The third-order valence-electron chi connectivity index (χ3n) is 2.93. The van der Waals surface area contributed by atoms with E-state index in [-0.39, 0.29) is 12.1 Å². The standard InChI is InChI=1S/C11H17NO4/c1-10(2,3)16-9(14)12-6-7-5-11(12,4)8(13)15-7/h7H,5-6H2,1-4H3/t7-,11-/m0/s1. The number of esters is 1. The van der Waals surface area contributed by atoms with Gasteiger partial charge in [0, 0.05) is 6.42 Å². The molecular weight excluding hydrogens is 210 g/mol. The molecule has 5 heteroatoms. The number of hydrogen-bond donors (Lipinski definition) is 0. The third-order valence-corrected chi connectivity index (χ3v) is 2.93. The van der Waals surface area contributed by atoms with Crippen molar-refractivity contribution in [1.29, 1.82) is 0 Å². The number of nitrogens with zero attached hydrogens (tertiary/aromatic N) is 1. The molecule has 0 radical (unpaired) electrons. The highest BCUT2D eigenvalue weighted by Gasteiger charge is 2.59. The summed E-state index contributed by atoms with van der Waals surface area (Å²) in [4.78, 5) is 24.9. The van der Waals surface area contributed by atoms with Crippen LogP contribution in [0.2, 0.25) is 0 Å². The Morgan fingerprint density at radius 3 is 2.62 bits per heavy atom. The zero-order chi connectivity index (χ0) is 12.1. The minimum atomic E-state index is -0.826. The van der Waals surface area contributed by atoms with E-state index in [0.717, 1.165) is 0 Å². The quantitative estimate of drug-likeness (QED) is 0.585. The second-order valence-electron chi connectivity index (χ2n) is 5.60. The molecule has 2 rings (SSSR count). The highest BCUT2D eigenvalue weighted by molar-refractivity contribution is 5.89. The van der Waals surface area contributed by atoms with E-state index >= 15 is 0 Å². The van der Waals surface area contributed by atoms with E-state index in [0.29, 0.717) is 13.0 Å². The van der Waals surface area contributed by atoms with Crippen LogP contribution >= 0.6 is 0 Å². The normalized spacial score (nSPS) is 32.9. The fraction of sp³-hybridized carbons (Fsp3) is 0.818. The zero-order valence-corrected chi connectivity index (χ0v) is 10.1. The molecular formula is C11H17NO4. The molecule has 16 heavy (non-hydrogen) atoms. The lowest BCUT2D eigenvalue weighted by atomic mass is 10.0. The van der Waals surface area contributed by atoms with Gasteiger partial charge in [-0.25, -0.2) is 9.59 Å². The summed E-state index contributed by atoms with van der Waals surface area (Å²) in [6.07, 6.45) is -0.0235. The molecule has 0 aromatic carbocycles. The molecule has 2 bridgehead atoms. The van der Waals surface area contributed by atoms with Crippen LogP contribution in [0, 0.1) is 0 Å². The van der Waals surface area contributed by atoms with Crippen LogP contribution in [-0.2, 0) is 14.3 Å². The van der Waals surface area contributed by atoms with Gasteiger partial charge in [-0.3, -0.25) is 4.90 Å². The van der Waals surface area contributed by atoms with Crippen molar-refractivity contribution in [3.8, 4) is 0 Å². The number of ether oxygens (including phenoxy) is 2. The number of amides is 1. The summed E-state index contributed by atoms with van der Waals surface area (Å²) < 4.78 is 10.4. The van der Waals surface area contributed by atoms with Gasteiger partial charge in [-0.2, -0.15) is 0 Å². The molecule has 0 saturated carbocycles. The average molecular weight is 227 g/mol. The minimum absolute atomic E-state index is 0.162. The number of carbonyl (C=O) groups excluding carboxylic acids is 2. The summed E-state index contributed by atoms with van der Waals surface area (Å²) in [6.45, 7) is 7.59. The Hall–Kier alpha value is -1.26. The first kappa shape index (κ1) is 11.2. The van der Waals surface area contributed by atoms with E-state index in [4.69, 9.17) is 9.47 Å². The zero-order valence-electron chi connectivity index (χ0n) is 10.1. The molecule has 2 aliphatic heterocycles. The lowest BCUT2D eigenvalue weighted by Gasteiger charge is -2.34. The smallest absolute Gasteiger partial charge is 0.411 e. The fourth-order valence-corrected chi connectivity index (χ4v) is 2.17. The molecule has 0 unspecified atom stereocenters. The molecule has 1 amide bonds. The first-order chi connectivity index (χ1) is 7.22. The largest absolute Gasteiger partial charge is 0.459 e. The first-order valence-corrected chi connectivity index (χ1v) is 5.44. The second-order valence-corrected chi connectivity index (χ2v) is 5.60. The van der Waals surface area contributed by atoms with E-state index in [1.165, 1.54) is 4.90 Å². The van der Waals surface area contributed by atoms with Crippen molar-refractivity contribution in [1.82, 2.24) is 4.90 Å². The van der Waals surface area contributed by atoms with E-state index in [1.807, 2.05) is 0 Å². The Morgan fingerprint density at radius 1 is 1.56 bits per heavy atom. The molecule has 0 aromatic rings. The lowest BCUT2D eigenvalue weighted by molar-refractivity contribution is -0.156. The van der Waals surface area contributed by atoms with Gasteiger partial charge in [0.25, 0.3) is 0 Å². The Balaban J connectivity index is 2.12. The van der Waals surface area contributed by atoms with Crippen LogP contribution in [0.5, 0.6) is 0 Å². The van der Waals surface area contributed by atoms with Crippen LogP contribution in [0.3, 0.4) is 0 Å². The van der Waals surface area contributed by atoms with E-state index in [2.05, 4.69) is 0 Å². The molecule has 2 heterocycles. The van der Waals surface area contributed by atoms with Gasteiger partial charge in [0.1, 0.15) is 17.2 Å². The van der Waals surface area contributed by atoms with E-state index in [9.17, 15) is 9.59 Å². The average Bonchev–Trinajstić information content (AvgIpc) is 2.53. The molecule has 2 saturated heterocycles. The number of likely N-dealkylation sites (tertiary alicyclic amines) is 1. The first-order valence-electron chi connectivity index (χ1n) is 5.44. The van der Waals surface area contributed by atoms with Crippen molar-refractivity contribution in [3.63, 3.8) is 0 Å². The minimum Gasteiger partial charge on any atom is -0.459 e. The maximum atomic E-state index is 11.9. The third kappa shape index (κ3) is 1.64. The molecule has 0 spiro atoms. The summed E-state index contributed by atoms with van der Waals surface area (Å²) in [5, 5.41) is 0. The van der Waals surface area contributed by atoms with Crippen LogP contribution in [0.25, 0.3) is 0 Å². The van der Waals surface area contributed by atoms with Gasteiger partial charge in [0.2, 0.25) is 0 Å². The highest BCUT2D eigenvalue weighted by Crippen LogP contribution is 2.39. The Bertz CT molecular complexity index is 346. The highest BCUT2D eigenvalue weighted by atomic mass is 16.6. The molecule has 2 aliphatic rings. The Morgan fingerprint density at radius 2 is 2.19 bits per heavy atom. The fourth-order valence-electron chi connectivity index (χ4n) is 2.17. The van der Waals surface area contributed by atoms with E-state index < -0.39 is 17.2 Å². The predicted molar refractivity (Wildman–Crippen MR) is 55.8 cm³/mol. The Labute approximate surface area is 94.7 Å². The van der Waals surface area contributed by atoms with Crippen molar-refractivity contribution >= 4 is 12.1 Å². The SMILES string of the molecule is CC(C)(C)OC(=O)N1C[C@@H]2C[C@@]1(C)C(=O)O2. The van der Waals surface area contributed by atoms with Crippen LogP contribution < -0.4 is 0 Å². The number of morpholine rings is 1. The van der Waals surface area contributed by atoms with Crippen molar-refractivity contribution in [2.75, 3.05) is 6.54 Å². The molecule has 2 fully saturated rings. The van der Waals surface area contributed by atoms with Gasteiger partial charge in [0.05, 0.1) is 6.54 Å². The van der Waals surface area contributed by atoms with Gasteiger partial charge in [-0.1, -0.05) is 0 Å². The Kier molecular flexibility index (Phi) is 2.19. The maximum absolute atomic E-state index is 11.9. The van der Waals surface area contributed by atoms with Crippen LogP contribution in [0.4, 0.5) is 4.79 Å². The molecule has 5 nitrogen and oxygen atoms in total. The molecule has 90 valence electrons. The van der Waals surface area contributed by atoms with E-state index in [1.54, 1.807) is 27.7 Å². The lowest BCUT2D eigenvalue weighted by Crippen LogP contribution is -2.53. The second kappa shape index (κ2) is 3.12. The summed E-state index contributed by atoms with van der Waals surface area (Å²) in [5.41, 5.74) is -1.37. The maximum Gasteiger partial charge on any atom is 0.411 e. The van der Waals surface area contributed by atoms with Gasteiger partial charge < -0.3 is 9.47 Å². The number of rotatable bonds is 0. The van der Waals surface area contributed by atoms with Crippen molar-refractivity contribution in [3.05, 3.63) is 0 Å². The van der Waals surface area contributed by atoms with Crippen molar-refractivity contribution < 1.29 is 19.1 Å². The molecule has 0 aromatic heterocycles. The van der Waals surface area contributed by atoms with Gasteiger partial charge in [-0.15, -0.1) is 0 Å². The molecule has 2 atom stereocenters. The molecule has 0 N–H and O–H groups in total. The topological polar surface area (TPSA) is 55.8 Å².